The molecule has 1 fully saturated rings. The molecular formula is C12H14N2O. The van der Waals surface area contributed by atoms with Crippen LogP contribution in [-0.4, -0.2) is 23.8 Å². The lowest BCUT2D eigenvalue weighted by Gasteiger charge is -2.21. The summed E-state index contributed by atoms with van der Waals surface area (Å²) in [5.41, 5.74) is 0.927. The maximum absolute atomic E-state index is 10.2. The topological polar surface area (TPSA) is 56.0 Å². The SMILES string of the molecule is N#Cc1ccccc1CC1(O)CCNC1. The fourth-order valence-electron chi connectivity index (χ4n) is 2.02. The second-order valence-corrected chi connectivity index (χ2v) is 4.10. The van der Waals surface area contributed by atoms with E-state index in [0.717, 1.165) is 18.5 Å². The van der Waals surface area contributed by atoms with Crippen LogP contribution in [0.2, 0.25) is 0 Å². The quantitative estimate of drug-likeness (QED) is 0.746. The zero-order valence-electron chi connectivity index (χ0n) is 8.53. The Hall–Kier alpha value is -1.37. The summed E-state index contributed by atoms with van der Waals surface area (Å²) in [4.78, 5) is 0. The highest BCUT2D eigenvalue weighted by Gasteiger charge is 2.31. The molecule has 0 aromatic heterocycles. The smallest absolute Gasteiger partial charge is 0.0994 e. The highest BCUT2D eigenvalue weighted by atomic mass is 16.3. The summed E-state index contributed by atoms with van der Waals surface area (Å²) in [5.74, 6) is 0. The van der Waals surface area contributed by atoms with Crippen molar-refractivity contribution in [1.29, 1.82) is 5.26 Å². The van der Waals surface area contributed by atoms with Crippen molar-refractivity contribution in [3.8, 4) is 6.07 Å². The largest absolute Gasteiger partial charge is 0.388 e. The molecule has 0 amide bonds. The summed E-state index contributed by atoms with van der Waals surface area (Å²) >= 11 is 0. The number of hydrogen-bond donors (Lipinski definition) is 2. The van der Waals surface area contributed by atoms with E-state index >= 15 is 0 Å². The Balaban J connectivity index is 2.20. The average Bonchev–Trinajstić information content (AvgIpc) is 2.66. The number of hydrogen-bond acceptors (Lipinski definition) is 3. The van der Waals surface area contributed by atoms with Gasteiger partial charge in [0.05, 0.1) is 17.2 Å². The highest BCUT2D eigenvalue weighted by Crippen LogP contribution is 2.22. The molecule has 1 aromatic rings. The summed E-state index contributed by atoms with van der Waals surface area (Å²) in [5, 5.41) is 22.3. The predicted molar refractivity (Wildman–Crippen MR) is 57.3 cm³/mol. The van der Waals surface area contributed by atoms with Crippen molar-refractivity contribution in [2.75, 3.05) is 13.1 Å². The first-order valence-electron chi connectivity index (χ1n) is 5.15. The molecular weight excluding hydrogens is 188 g/mol. The second kappa shape index (κ2) is 4.01. The van der Waals surface area contributed by atoms with Gasteiger partial charge in [0, 0.05) is 13.0 Å². The second-order valence-electron chi connectivity index (χ2n) is 4.10. The first kappa shape index (κ1) is 10.2. The minimum Gasteiger partial charge on any atom is -0.388 e. The highest BCUT2D eigenvalue weighted by molar-refractivity contribution is 5.38. The minimum atomic E-state index is -0.674. The molecule has 0 radical (unpaired) electrons. The molecule has 1 aliphatic rings. The van der Waals surface area contributed by atoms with Gasteiger partial charge in [-0.25, -0.2) is 0 Å². The average molecular weight is 202 g/mol. The third-order valence-corrected chi connectivity index (χ3v) is 2.88. The number of benzene rings is 1. The lowest BCUT2D eigenvalue weighted by molar-refractivity contribution is 0.0618. The van der Waals surface area contributed by atoms with Crippen LogP contribution >= 0.6 is 0 Å². The van der Waals surface area contributed by atoms with Crippen molar-refractivity contribution in [1.82, 2.24) is 5.32 Å². The molecule has 2 N–H and O–H groups in total. The Morgan fingerprint density at radius 2 is 2.27 bits per heavy atom. The van der Waals surface area contributed by atoms with E-state index in [1.165, 1.54) is 0 Å². The molecule has 1 unspecified atom stereocenters. The van der Waals surface area contributed by atoms with Gasteiger partial charge in [-0.3, -0.25) is 0 Å². The summed E-state index contributed by atoms with van der Waals surface area (Å²) in [6.07, 6.45) is 1.32. The molecule has 0 aliphatic carbocycles. The summed E-state index contributed by atoms with van der Waals surface area (Å²) in [6, 6.07) is 9.61. The fourth-order valence-corrected chi connectivity index (χ4v) is 2.02. The lowest BCUT2D eigenvalue weighted by Crippen LogP contribution is -2.34. The van der Waals surface area contributed by atoms with Crippen molar-refractivity contribution in [3.05, 3.63) is 35.4 Å². The van der Waals surface area contributed by atoms with E-state index < -0.39 is 5.60 Å². The zero-order valence-corrected chi connectivity index (χ0v) is 8.53. The van der Waals surface area contributed by atoms with Crippen molar-refractivity contribution in [3.63, 3.8) is 0 Å². The van der Waals surface area contributed by atoms with Gasteiger partial charge in [0.25, 0.3) is 0 Å². The third kappa shape index (κ3) is 2.17. The Labute approximate surface area is 89.4 Å². The molecule has 3 nitrogen and oxygen atoms in total. The standard InChI is InChI=1S/C12H14N2O/c13-8-11-4-2-1-3-10(11)7-12(15)5-6-14-9-12/h1-4,14-15H,5-7,9H2. The Kier molecular flexibility index (Phi) is 2.72. The third-order valence-electron chi connectivity index (χ3n) is 2.88. The van der Waals surface area contributed by atoms with Gasteiger partial charge in [-0.05, 0) is 24.6 Å². The molecule has 0 bridgehead atoms. The van der Waals surface area contributed by atoms with Gasteiger partial charge >= 0.3 is 0 Å². The van der Waals surface area contributed by atoms with Gasteiger partial charge in [0.1, 0.15) is 0 Å². The van der Waals surface area contributed by atoms with E-state index in [1.54, 1.807) is 6.07 Å². The van der Waals surface area contributed by atoms with Crippen molar-refractivity contribution >= 4 is 0 Å². The normalized spacial score (nSPS) is 25.1. The van der Waals surface area contributed by atoms with E-state index in [1.807, 2.05) is 18.2 Å². The molecule has 1 saturated heterocycles. The molecule has 2 rings (SSSR count). The van der Waals surface area contributed by atoms with Gasteiger partial charge in [-0.1, -0.05) is 18.2 Å². The van der Waals surface area contributed by atoms with Crippen LogP contribution in [0, 0.1) is 11.3 Å². The van der Waals surface area contributed by atoms with Crippen LogP contribution in [0.5, 0.6) is 0 Å². The van der Waals surface area contributed by atoms with Crippen LogP contribution in [0.1, 0.15) is 17.5 Å². The summed E-state index contributed by atoms with van der Waals surface area (Å²) < 4.78 is 0. The Morgan fingerprint density at radius 3 is 2.93 bits per heavy atom. The number of nitriles is 1. The number of nitrogens with one attached hydrogen (secondary N) is 1. The number of β-amino-alcohol motifs (C(OH)–C–C–N with tert-alkyl or cyclic N) is 1. The van der Waals surface area contributed by atoms with Crippen LogP contribution in [0.15, 0.2) is 24.3 Å². The van der Waals surface area contributed by atoms with Crippen molar-refractivity contribution in [2.45, 2.75) is 18.4 Å². The van der Waals surface area contributed by atoms with Gasteiger partial charge in [-0.2, -0.15) is 5.26 Å². The van der Waals surface area contributed by atoms with Gasteiger partial charge in [0.2, 0.25) is 0 Å². The van der Waals surface area contributed by atoms with Gasteiger partial charge < -0.3 is 10.4 Å². The summed E-state index contributed by atoms with van der Waals surface area (Å²) in [6.45, 7) is 1.47. The molecule has 3 heteroatoms. The molecule has 1 aliphatic heterocycles. The van der Waals surface area contributed by atoms with E-state index in [2.05, 4.69) is 11.4 Å². The number of nitrogens with zero attached hydrogens (tertiary/aromatic N) is 1. The van der Waals surface area contributed by atoms with E-state index in [-0.39, 0.29) is 0 Å². The molecule has 78 valence electrons. The summed E-state index contributed by atoms with van der Waals surface area (Å²) in [7, 11) is 0. The first-order chi connectivity index (χ1) is 7.23. The minimum absolute atomic E-state index is 0.559. The monoisotopic (exact) mass is 202 g/mol. The molecule has 0 spiro atoms. The molecule has 0 saturated carbocycles. The van der Waals surface area contributed by atoms with Crippen LogP contribution in [-0.2, 0) is 6.42 Å². The Bertz CT molecular complexity index is 389. The molecule has 1 atom stereocenters. The first-order valence-corrected chi connectivity index (χ1v) is 5.15. The molecule has 1 aromatic carbocycles. The lowest BCUT2D eigenvalue weighted by atomic mass is 9.91. The molecule has 1 heterocycles. The van der Waals surface area contributed by atoms with Gasteiger partial charge in [0.15, 0.2) is 0 Å². The molecule has 15 heavy (non-hydrogen) atoms. The Morgan fingerprint density at radius 1 is 1.47 bits per heavy atom. The maximum atomic E-state index is 10.2. The van der Waals surface area contributed by atoms with Crippen molar-refractivity contribution in [2.24, 2.45) is 0 Å². The van der Waals surface area contributed by atoms with Crippen LogP contribution in [0.25, 0.3) is 0 Å². The van der Waals surface area contributed by atoms with Crippen LogP contribution in [0.4, 0.5) is 0 Å². The zero-order chi connectivity index (χ0) is 10.7. The van der Waals surface area contributed by atoms with E-state index in [0.29, 0.717) is 18.5 Å². The van der Waals surface area contributed by atoms with E-state index in [4.69, 9.17) is 5.26 Å². The maximum Gasteiger partial charge on any atom is 0.0994 e. The fraction of sp³-hybridized carbons (Fsp3) is 0.417. The van der Waals surface area contributed by atoms with Crippen molar-refractivity contribution < 1.29 is 5.11 Å². The number of aliphatic hydroxyl groups is 1. The predicted octanol–water partition coefficient (Wildman–Crippen LogP) is 0.825. The van der Waals surface area contributed by atoms with Crippen LogP contribution in [0.3, 0.4) is 0 Å². The van der Waals surface area contributed by atoms with Crippen LogP contribution < -0.4 is 5.32 Å². The van der Waals surface area contributed by atoms with Gasteiger partial charge in [-0.15, -0.1) is 0 Å². The number of rotatable bonds is 2. The van der Waals surface area contributed by atoms with E-state index in [9.17, 15) is 5.11 Å².